The summed E-state index contributed by atoms with van der Waals surface area (Å²) in [4.78, 5) is 25.3. The van der Waals surface area contributed by atoms with Crippen molar-refractivity contribution in [3.8, 4) is 5.88 Å². The summed E-state index contributed by atoms with van der Waals surface area (Å²) in [5.74, 6) is 0.415. The van der Waals surface area contributed by atoms with Crippen molar-refractivity contribution in [1.29, 1.82) is 0 Å². The smallest absolute Gasteiger partial charge is 0.258 e. The number of piperazine rings is 1. The first-order valence-electron chi connectivity index (χ1n) is 9.11. The number of carbonyl (C=O) groups is 1. The second-order valence-corrected chi connectivity index (χ2v) is 6.79. The fourth-order valence-corrected chi connectivity index (χ4v) is 3.13. The van der Waals surface area contributed by atoms with Crippen molar-refractivity contribution in [2.24, 2.45) is 0 Å². The summed E-state index contributed by atoms with van der Waals surface area (Å²) in [6.45, 7) is 3.02. The van der Waals surface area contributed by atoms with E-state index in [0.29, 0.717) is 17.4 Å². The van der Waals surface area contributed by atoms with Gasteiger partial charge in [-0.15, -0.1) is 0 Å². The monoisotopic (exact) mass is 371 g/mol. The summed E-state index contributed by atoms with van der Waals surface area (Å²) in [7, 11) is 1.51. The van der Waals surface area contributed by atoms with Crippen molar-refractivity contribution in [3.05, 3.63) is 41.8 Å². The lowest BCUT2D eigenvalue weighted by Crippen LogP contribution is -2.47. The van der Waals surface area contributed by atoms with Crippen molar-refractivity contribution in [2.45, 2.75) is 18.9 Å². The standard InChI is InChI=1S/C19H22FN5O2/c1-27-18-16(17(26)22-14-4-5-14)12-21-19(23-18)25-10-8-24(9-11-25)15-6-2-13(20)3-7-15/h2-3,6-7,12,14H,4-5,8-11H2,1H3,(H,22,26). The number of methoxy groups -OCH3 is 1. The molecule has 4 rings (SSSR count). The lowest BCUT2D eigenvalue weighted by atomic mass is 10.2. The highest BCUT2D eigenvalue weighted by Crippen LogP contribution is 2.24. The second-order valence-electron chi connectivity index (χ2n) is 6.79. The average Bonchev–Trinajstić information content (AvgIpc) is 3.52. The molecule has 27 heavy (non-hydrogen) atoms. The van der Waals surface area contributed by atoms with E-state index in [1.54, 1.807) is 12.1 Å². The van der Waals surface area contributed by atoms with Gasteiger partial charge in [0.15, 0.2) is 0 Å². The minimum atomic E-state index is -0.233. The molecule has 1 aromatic carbocycles. The number of rotatable bonds is 5. The predicted octanol–water partition coefficient (Wildman–Crippen LogP) is 1.84. The van der Waals surface area contributed by atoms with Gasteiger partial charge in [-0.3, -0.25) is 4.79 Å². The van der Waals surface area contributed by atoms with E-state index in [4.69, 9.17) is 4.74 Å². The van der Waals surface area contributed by atoms with Gasteiger partial charge >= 0.3 is 0 Å². The van der Waals surface area contributed by atoms with Crippen LogP contribution in [0.3, 0.4) is 0 Å². The number of benzene rings is 1. The first-order chi connectivity index (χ1) is 13.1. The van der Waals surface area contributed by atoms with Gasteiger partial charge < -0.3 is 19.9 Å². The summed E-state index contributed by atoms with van der Waals surface area (Å²) >= 11 is 0. The van der Waals surface area contributed by atoms with E-state index in [1.165, 1.54) is 25.4 Å². The van der Waals surface area contributed by atoms with Gasteiger partial charge in [-0.05, 0) is 37.1 Å². The van der Waals surface area contributed by atoms with Crippen LogP contribution in [0.25, 0.3) is 0 Å². The third-order valence-corrected chi connectivity index (χ3v) is 4.85. The number of hydrogen-bond donors (Lipinski definition) is 1. The Morgan fingerprint density at radius 3 is 2.44 bits per heavy atom. The van der Waals surface area contributed by atoms with E-state index >= 15 is 0 Å². The van der Waals surface area contributed by atoms with Gasteiger partial charge in [0.25, 0.3) is 5.91 Å². The molecule has 7 nitrogen and oxygen atoms in total. The SMILES string of the molecule is COc1nc(N2CCN(c3ccc(F)cc3)CC2)ncc1C(=O)NC1CC1. The van der Waals surface area contributed by atoms with Crippen molar-refractivity contribution < 1.29 is 13.9 Å². The highest BCUT2D eigenvalue weighted by atomic mass is 19.1. The van der Waals surface area contributed by atoms with Gasteiger partial charge in [0.1, 0.15) is 11.4 Å². The van der Waals surface area contributed by atoms with Crippen LogP contribution in [0.5, 0.6) is 5.88 Å². The number of nitrogens with one attached hydrogen (secondary N) is 1. The van der Waals surface area contributed by atoms with Crippen LogP contribution in [0.4, 0.5) is 16.0 Å². The Kier molecular flexibility index (Phi) is 4.79. The molecule has 142 valence electrons. The van der Waals surface area contributed by atoms with Crippen molar-refractivity contribution in [2.75, 3.05) is 43.1 Å². The van der Waals surface area contributed by atoms with Crippen LogP contribution >= 0.6 is 0 Å². The topological polar surface area (TPSA) is 70.6 Å². The Bertz CT molecular complexity index is 817. The summed E-state index contributed by atoms with van der Waals surface area (Å²) in [5, 5.41) is 2.93. The Labute approximate surface area is 157 Å². The van der Waals surface area contributed by atoms with E-state index < -0.39 is 0 Å². The van der Waals surface area contributed by atoms with Crippen LogP contribution in [0.2, 0.25) is 0 Å². The fourth-order valence-electron chi connectivity index (χ4n) is 3.13. The third-order valence-electron chi connectivity index (χ3n) is 4.85. The number of ether oxygens (including phenoxy) is 1. The summed E-state index contributed by atoms with van der Waals surface area (Å²) < 4.78 is 18.4. The molecule has 0 unspecified atom stereocenters. The molecule has 2 heterocycles. The van der Waals surface area contributed by atoms with Crippen LogP contribution in [-0.2, 0) is 0 Å². The highest BCUT2D eigenvalue weighted by molar-refractivity contribution is 5.96. The molecule has 1 aliphatic heterocycles. The number of hydrogen-bond acceptors (Lipinski definition) is 6. The first kappa shape index (κ1) is 17.5. The number of nitrogens with zero attached hydrogens (tertiary/aromatic N) is 4. The molecule has 2 aromatic rings. The average molecular weight is 371 g/mol. The Morgan fingerprint density at radius 2 is 1.81 bits per heavy atom. The van der Waals surface area contributed by atoms with Gasteiger partial charge in [0.05, 0.1) is 7.11 Å². The van der Waals surface area contributed by atoms with Crippen molar-refractivity contribution in [3.63, 3.8) is 0 Å². The molecule has 2 fully saturated rings. The maximum atomic E-state index is 13.1. The maximum absolute atomic E-state index is 13.1. The summed E-state index contributed by atoms with van der Waals surface area (Å²) in [6.07, 6.45) is 3.57. The van der Waals surface area contributed by atoms with Gasteiger partial charge in [0, 0.05) is 44.1 Å². The number of amides is 1. The van der Waals surface area contributed by atoms with Crippen molar-refractivity contribution >= 4 is 17.5 Å². The minimum Gasteiger partial charge on any atom is -0.480 e. The minimum absolute atomic E-state index is 0.193. The molecule has 0 spiro atoms. The van der Waals surface area contributed by atoms with E-state index in [1.807, 2.05) is 0 Å². The molecule has 0 radical (unpaired) electrons. The zero-order chi connectivity index (χ0) is 18.8. The molecular formula is C19H22FN5O2. The molecule has 1 aromatic heterocycles. The molecule has 1 amide bonds. The number of halogens is 1. The molecule has 2 aliphatic rings. The molecule has 1 N–H and O–H groups in total. The maximum Gasteiger partial charge on any atom is 0.258 e. The van der Waals surface area contributed by atoms with E-state index in [2.05, 4.69) is 25.1 Å². The van der Waals surface area contributed by atoms with Crippen LogP contribution in [0.1, 0.15) is 23.2 Å². The Hall–Kier alpha value is -2.90. The van der Waals surface area contributed by atoms with E-state index in [9.17, 15) is 9.18 Å². The lowest BCUT2D eigenvalue weighted by Gasteiger charge is -2.36. The van der Waals surface area contributed by atoms with Crippen LogP contribution < -0.4 is 19.9 Å². The predicted molar refractivity (Wildman–Crippen MR) is 99.9 cm³/mol. The summed E-state index contributed by atoms with van der Waals surface area (Å²) in [6, 6.07) is 6.79. The molecule has 1 aliphatic carbocycles. The second kappa shape index (κ2) is 7.38. The van der Waals surface area contributed by atoms with Crippen LogP contribution in [0.15, 0.2) is 30.5 Å². The number of aromatic nitrogens is 2. The third kappa shape index (κ3) is 3.94. The number of anilines is 2. The number of carbonyl (C=O) groups excluding carboxylic acids is 1. The molecule has 0 atom stereocenters. The van der Waals surface area contributed by atoms with Crippen LogP contribution in [-0.4, -0.2) is 55.2 Å². The zero-order valence-electron chi connectivity index (χ0n) is 15.2. The van der Waals surface area contributed by atoms with Gasteiger partial charge in [-0.1, -0.05) is 0 Å². The van der Waals surface area contributed by atoms with Crippen molar-refractivity contribution in [1.82, 2.24) is 15.3 Å². The Balaban J connectivity index is 1.43. The van der Waals surface area contributed by atoms with Gasteiger partial charge in [-0.2, -0.15) is 4.98 Å². The molecule has 8 heteroatoms. The van der Waals surface area contributed by atoms with E-state index in [-0.39, 0.29) is 17.8 Å². The lowest BCUT2D eigenvalue weighted by molar-refractivity contribution is 0.0947. The molecular weight excluding hydrogens is 349 g/mol. The largest absolute Gasteiger partial charge is 0.480 e. The molecule has 1 saturated carbocycles. The van der Waals surface area contributed by atoms with Gasteiger partial charge in [-0.25, -0.2) is 9.37 Å². The zero-order valence-corrected chi connectivity index (χ0v) is 15.2. The first-order valence-corrected chi connectivity index (χ1v) is 9.11. The van der Waals surface area contributed by atoms with E-state index in [0.717, 1.165) is 44.7 Å². The van der Waals surface area contributed by atoms with Gasteiger partial charge in [0.2, 0.25) is 11.8 Å². The molecule has 0 bridgehead atoms. The quantitative estimate of drug-likeness (QED) is 0.865. The van der Waals surface area contributed by atoms with Crippen LogP contribution in [0, 0.1) is 5.82 Å². The normalized spacial score (nSPS) is 17.0. The summed E-state index contributed by atoms with van der Waals surface area (Å²) in [5.41, 5.74) is 1.36. The highest BCUT2D eigenvalue weighted by Gasteiger charge is 2.27. The molecule has 1 saturated heterocycles. The Morgan fingerprint density at radius 1 is 1.15 bits per heavy atom. The fraction of sp³-hybridized carbons (Fsp3) is 0.421.